The van der Waals surface area contributed by atoms with E-state index < -0.39 is 10.0 Å². The van der Waals surface area contributed by atoms with Gasteiger partial charge in [-0.05, 0) is 42.3 Å². The summed E-state index contributed by atoms with van der Waals surface area (Å²) >= 11 is 5.89. The van der Waals surface area contributed by atoms with Crippen LogP contribution in [0.5, 0.6) is 5.75 Å². The molecule has 2 aromatic carbocycles. The monoisotopic (exact) mass is 488 g/mol. The van der Waals surface area contributed by atoms with Crippen LogP contribution in [0, 0.1) is 0 Å². The first-order valence-electron chi connectivity index (χ1n) is 9.93. The molecule has 2 N–H and O–H groups in total. The molecule has 0 spiro atoms. The number of para-hydroxylation sites is 1. The van der Waals surface area contributed by atoms with E-state index in [1.807, 2.05) is 0 Å². The molecule has 9 nitrogen and oxygen atoms in total. The largest absolute Gasteiger partial charge is 0.495 e. The summed E-state index contributed by atoms with van der Waals surface area (Å²) in [5, 5.41) is 18.7. The highest BCUT2D eigenvalue weighted by Gasteiger charge is 2.25. The maximum atomic E-state index is 12.9. The SMILES string of the molecule is COc1cccc(CO)c1-n1c(NS(=O)(=O)CCc2ccc(Cl)cc2)nnc1-c1ccco1. The number of ether oxygens (including phenoxy) is 1. The fourth-order valence-corrected chi connectivity index (χ4v) is 4.48. The molecule has 4 aromatic rings. The van der Waals surface area contributed by atoms with E-state index in [2.05, 4.69) is 14.9 Å². The van der Waals surface area contributed by atoms with E-state index >= 15 is 0 Å². The van der Waals surface area contributed by atoms with Gasteiger partial charge in [-0.1, -0.05) is 35.9 Å². The molecule has 2 aromatic heterocycles. The third kappa shape index (κ3) is 5.03. The summed E-state index contributed by atoms with van der Waals surface area (Å²) in [6.45, 7) is -0.314. The van der Waals surface area contributed by atoms with Crippen LogP contribution in [0.1, 0.15) is 11.1 Å². The molecule has 0 atom stereocenters. The smallest absolute Gasteiger partial charge is 0.243 e. The summed E-state index contributed by atoms with van der Waals surface area (Å²) < 4.78 is 40.7. The number of halogens is 1. The average molecular weight is 489 g/mol. The molecule has 0 amide bonds. The van der Waals surface area contributed by atoms with Gasteiger partial charge in [-0.25, -0.2) is 8.42 Å². The van der Waals surface area contributed by atoms with Gasteiger partial charge in [-0.3, -0.25) is 9.29 Å². The fourth-order valence-electron chi connectivity index (χ4n) is 3.33. The molecule has 0 aliphatic heterocycles. The third-order valence-corrected chi connectivity index (χ3v) is 6.41. The van der Waals surface area contributed by atoms with Crippen LogP contribution in [0.4, 0.5) is 5.95 Å². The van der Waals surface area contributed by atoms with Crippen molar-refractivity contribution in [1.29, 1.82) is 0 Å². The fraction of sp³-hybridized carbons (Fsp3) is 0.182. The Morgan fingerprint density at radius 2 is 1.91 bits per heavy atom. The summed E-state index contributed by atoms with van der Waals surface area (Å²) in [6, 6.07) is 15.4. The van der Waals surface area contributed by atoms with E-state index in [1.54, 1.807) is 54.6 Å². The second kappa shape index (κ2) is 9.65. The number of hydrogen-bond donors (Lipinski definition) is 2. The first-order valence-corrected chi connectivity index (χ1v) is 12.0. The predicted octanol–water partition coefficient (Wildman–Crippen LogP) is 3.67. The summed E-state index contributed by atoms with van der Waals surface area (Å²) in [6.07, 6.45) is 1.75. The van der Waals surface area contributed by atoms with Crippen molar-refractivity contribution in [3.05, 3.63) is 77.0 Å². The molecule has 0 saturated carbocycles. The Labute approximate surface area is 195 Å². The lowest BCUT2D eigenvalue weighted by Gasteiger charge is -2.17. The van der Waals surface area contributed by atoms with Gasteiger partial charge in [0.05, 0.1) is 31.4 Å². The average Bonchev–Trinajstić information content (AvgIpc) is 3.48. The Bertz CT molecular complexity index is 1310. The number of aryl methyl sites for hydroxylation is 1. The highest BCUT2D eigenvalue weighted by Crippen LogP contribution is 2.34. The molecule has 0 aliphatic carbocycles. The van der Waals surface area contributed by atoms with Gasteiger partial charge in [0.1, 0.15) is 5.75 Å². The lowest BCUT2D eigenvalue weighted by atomic mass is 10.1. The Hall–Kier alpha value is -3.34. The Morgan fingerprint density at radius 1 is 1.12 bits per heavy atom. The van der Waals surface area contributed by atoms with Crippen molar-refractivity contribution >= 4 is 27.6 Å². The van der Waals surface area contributed by atoms with Crippen molar-refractivity contribution in [2.75, 3.05) is 17.6 Å². The van der Waals surface area contributed by atoms with Crippen molar-refractivity contribution in [3.8, 4) is 23.0 Å². The number of furan rings is 1. The van der Waals surface area contributed by atoms with Crippen LogP contribution in [0.15, 0.2) is 65.3 Å². The molecule has 11 heteroatoms. The van der Waals surface area contributed by atoms with Crippen molar-refractivity contribution in [2.45, 2.75) is 13.0 Å². The zero-order valence-corrected chi connectivity index (χ0v) is 19.2. The lowest BCUT2D eigenvalue weighted by molar-refractivity contribution is 0.280. The van der Waals surface area contributed by atoms with Gasteiger partial charge < -0.3 is 14.3 Å². The number of methoxy groups -OCH3 is 1. The number of nitrogens with zero attached hydrogens (tertiary/aromatic N) is 3. The number of aliphatic hydroxyl groups excluding tert-OH is 1. The van der Waals surface area contributed by atoms with Gasteiger partial charge in [0.15, 0.2) is 5.76 Å². The number of nitrogens with one attached hydrogen (secondary N) is 1. The van der Waals surface area contributed by atoms with E-state index in [1.165, 1.54) is 17.9 Å². The standard InChI is InChI=1S/C22H21ClN4O5S/c1-31-18-5-2-4-16(14-28)20(18)27-21(19-6-3-12-32-19)24-25-22(27)26-33(29,30)13-11-15-7-9-17(23)10-8-15/h2-10,12,28H,11,13-14H2,1H3,(H,25,26). The van der Waals surface area contributed by atoms with E-state index in [0.29, 0.717) is 27.8 Å². The van der Waals surface area contributed by atoms with Crippen LogP contribution < -0.4 is 9.46 Å². The third-order valence-electron chi connectivity index (χ3n) is 4.92. The minimum atomic E-state index is -3.81. The van der Waals surface area contributed by atoms with Crippen LogP contribution >= 0.6 is 11.6 Å². The second-order valence-electron chi connectivity index (χ2n) is 7.08. The molecule has 0 fully saturated rings. The molecule has 0 saturated heterocycles. The molecular formula is C22H21ClN4O5S. The van der Waals surface area contributed by atoms with Crippen LogP contribution in [0.3, 0.4) is 0 Å². The van der Waals surface area contributed by atoms with E-state index in [-0.39, 0.29) is 30.6 Å². The van der Waals surface area contributed by atoms with Crippen molar-refractivity contribution in [3.63, 3.8) is 0 Å². The maximum Gasteiger partial charge on any atom is 0.243 e. The normalized spacial score (nSPS) is 11.5. The van der Waals surface area contributed by atoms with Gasteiger partial charge in [0.2, 0.25) is 21.8 Å². The Balaban J connectivity index is 1.73. The number of sulfonamides is 1. The van der Waals surface area contributed by atoms with Gasteiger partial charge >= 0.3 is 0 Å². The van der Waals surface area contributed by atoms with Crippen LogP contribution in [-0.2, 0) is 23.1 Å². The molecule has 2 heterocycles. The molecule has 4 rings (SSSR count). The summed E-state index contributed by atoms with van der Waals surface area (Å²) in [5.74, 6) is 0.766. The van der Waals surface area contributed by atoms with Crippen molar-refractivity contribution in [1.82, 2.24) is 14.8 Å². The topological polar surface area (TPSA) is 119 Å². The second-order valence-corrected chi connectivity index (χ2v) is 9.36. The first-order chi connectivity index (χ1) is 15.9. The highest BCUT2D eigenvalue weighted by atomic mass is 35.5. The molecule has 0 radical (unpaired) electrons. The lowest BCUT2D eigenvalue weighted by Crippen LogP contribution is -2.21. The molecule has 172 valence electrons. The van der Waals surface area contributed by atoms with Gasteiger partial charge in [-0.15, -0.1) is 10.2 Å². The number of aromatic nitrogens is 3. The van der Waals surface area contributed by atoms with E-state index in [0.717, 1.165) is 5.56 Å². The van der Waals surface area contributed by atoms with Crippen LogP contribution in [0.25, 0.3) is 17.3 Å². The van der Waals surface area contributed by atoms with Gasteiger partial charge in [0.25, 0.3) is 0 Å². The van der Waals surface area contributed by atoms with Gasteiger partial charge in [-0.2, -0.15) is 0 Å². The van der Waals surface area contributed by atoms with E-state index in [4.69, 9.17) is 20.8 Å². The summed E-state index contributed by atoms with van der Waals surface area (Å²) in [5.41, 5.74) is 1.72. The first kappa shape index (κ1) is 22.8. The number of benzene rings is 2. The highest BCUT2D eigenvalue weighted by molar-refractivity contribution is 7.92. The number of anilines is 1. The molecule has 33 heavy (non-hydrogen) atoms. The maximum absolute atomic E-state index is 12.9. The van der Waals surface area contributed by atoms with Crippen LogP contribution in [-0.4, -0.2) is 41.2 Å². The Kier molecular flexibility index (Phi) is 6.68. The van der Waals surface area contributed by atoms with Crippen molar-refractivity contribution < 1.29 is 22.7 Å². The molecule has 0 bridgehead atoms. The zero-order chi connectivity index (χ0) is 23.4. The molecule has 0 unspecified atom stereocenters. The quantitative estimate of drug-likeness (QED) is 0.369. The molecular weight excluding hydrogens is 468 g/mol. The molecule has 0 aliphatic rings. The zero-order valence-electron chi connectivity index (χ0n) is 17.6. The minimum Gasteiger partial charge on any atom is -0.495 e. The van der Waals surface area contributed by atoms with Gasteiger partial charge in [0, 0.05) is 10.6 Å². The predicted molar refractivity (Wildman–Crippen MR) is 124 cm³/mol. The van der Waals surface area contributed by atoms with Crippen molar-refractivity contribution in [2.24, 2.45) is 0 Å². The van der Waals surface area contributed by atoms with Crippen LogP contribution in [0.2, 0.25) is 5.02 Å². The van der Waals surface area contributed by atoms with E-state index in [9.17, 15) is 13.5 Å². The Morgan fingerprint density at radius 3 is 2.58 bits per heavy atom. The number of hydrogen-bond acceptors (Lipinski definition) is 7. The minimum absolute atomic E-state index is 0.0586. The number of aliphatic hydroxyl groups is 1. The summed E-state index contributed by atoms with van der Waals surface area (Å²) in [4.78, 5) is 0. The number of rotatable bonds is 9. The summed E-state index contributed by atoms with van der Waals surface area (Å²) in [7, 11) is -2.33.